The smallest absolute Gasteiger partial charge is 0.259 e. The maximum absolute atomic E-state index is 12.7. The second-order valence-electron chi connectivity index (χ2n) is 7.78. The van der Waals surface area contributed by atoms with E-state index in [1.165, 1.54) is 0 Å². The van der Waals surface area contributed by atoms with Gasteiger partial charge in [-0.1, -0.05) is 35.0 Å². The highest BCUT2D eigenvalue weighted by Gasteiger charge is 2.24. The highest BCUT2D eigenvalue weighted by molar-refractivity contribution is 6.32. The van der Waals surface area contributed by atoms with Crippen LogP contribution in [-0.4, -0.2) is 62.0 Å². The number of rotatable bonds is 5. The summed E-state index contributed by atoms with van der Waals surface area (Å²) in [5.41, 5.74) is 3.28. The molecule has 8 nitrogen and oxygen atoms in total. The van der Waals surface area contributed by atoms with Crippen LogP contribution in [0.25, 0.3) is 22.8 Å². The predicted octanol–water partition coefficient (Wildman–Crippen LogP) is 3.81. The van der Waals surface area contributed by atoms with Crippen LogP contribution in [0.4, 0.5) is 0 Å². The van der Waals surface area contributed by atoms with Gasteiger partial charge in [0.15, 0.2) is 0 Å². The molecule has 0 bridgehead atoms. The van der Waals surface area contributed by atoms with Crippen LogP contribution in [-0.2, 0) is 6.54 Å². The van der Waals surface area contributed by atoms with Crippen LogP contribution in [0.3, 0.4) is 0 Å². The Kier molecular flexibility index (Phi) is 6.10. The van der Waals surface area contributed by atoms with Crippen molar-refractivity contribution in [3.63, 3.8) is 0 Å². The van der Waals surface area contributed by atoms with Crippen LogP contribution < -0.4 is 0 Å². The maximum Gasteiger partial charge on any atom is 0.259 e. The summed E-state index contributed by atoms with van der Waals surface area (Å²) in [5, 5.41) is 4.37. The number of aromatic nitrogens is 4. The third kappa shape index (κ3) is 4.76. The first kappa shape index (κ1) is 21.2. The zero-order valence-electron chi connectivity index (χ0n) is 17.8. The monoisotopic (exact) mass is 460 g/mol. The molecule has 1 aromatic carbocycles. The summed E-state index contributed by atoms with van der Waals surface area (Å²) in [5.74, 6) is 0.911. The molecule has 1 aliphatic heterocycles. The summed E-state index contributed by atoms with van der Waals surface area (Å²) in [6.45, 7) is 3.62. The number of carbonyl (C=O) groups is 1. The van der Waals surface area contributed by atoms with Gasteiger partial charge in [-0.15, -0.1) is 0 Å². The molecule has 1 amide bonds. The number of nitrogens with zero attached hydrogens (tertiary/aromatic N) is 6. The number of amides is 1. The number of carbonyl (C=O) groups excluding carboxylic acids is 1. The normalized spacial score (nSPS) is 14.4. The van der Waals surface area contributed by atoms with Crippen molar-refractivity contribution in [2.45, 2.75) is 6.54 Å². The molecule has 33 heavy (non-hydrogen) atoms. The van der Waals surface area contributed by atoms with Gasteiger partial charge in [0.1, 0.15) is 5.15 Å². The van der Waals surface area contributed by atoms with Gasteiger partial charge in [-0.2, -0.15) is 4.98 Å². The number of halogens is 1. The first-order valence-corrected chi connectivity index (χ1v) is 11.0. The van der Waals surface area contributed by atoms with Gasteiger partial charge in [0.25, 0.3) is 11.8 Å². The second kappa shape index (κ2) is 9.48. The fourth-order valence-corrected chi connectivity index (χ4v) is 4.04. The summed E-state index contributed by atoms with van der Waals surface area (Å²) in [6.07, 6.45) is 4.98. The highest BCUT2D eigenvalue weighted by atomic mass is 35.5. The van der Waals surface area contributed by atoms with E-state index in [9.17, 15) is 4.79 Å². The molecule has 4 heterocycles. The van der Waals surface area contributed by atoms with E-state index in [0.29, 0.717) is 30.4 Å². The largest absolute Gasteiger partial charge is 0.336 e. The van der Waals surface area contributed by atoms with Crippen molar-refractivity contribution in [2.24, 2.45) is 0 Å². The zero-order valence-corrected chi connectivity index (χ0v) is 18.5. The van der Waals surface area contributed by atoms with E-state index in [1.54, 1.807) is 30.7 Å². The first-order valence-electron chi connectivity index (χ1n) is 10.6. The van der Waals surface area contributed by atoms with Gasteiger partial charge >= 0.3 is 0 Å². The molecule has 0 N–H and O–H groups in total. The van der Waals surface area contributed by atoms with Crippen molar-refractivity contribution < 1.29 is 9.32 Å². The van der Waals surface area contributed by atoms with Gasteiger partial charge in [-0.05, 0) is 35.9 Å². The predicted molar refractivity (Wildman–Crippen MR) is 123 cm³/mol. The van der Waals surface area contributed by atoms with Crippen LogP contribution in [0.2, 0.25) is 5.15 Å². The quantitative estimate of drug-likeness (QED) is 0.418. The lowest BCUT2D eigenvalue weighted by atomic mass is 10.1. The van der Waals surface area contributed by atoms with E-state index in [4.69, 9.17) is 16.1 Å². The van der Waals surface area contributed by atoms with Gasteiger partial charge < -0.3 is 9.42 Å². The number of benzene rings is 1. The molecule has 4 aromatic rings. The molecule has 3 aromatic heterocycles. The molecular weight excluding hydrogens is 440 g/mol. The third-order valence-electron chi connectivity index (χ3n) is 5.57. The maximum atomic E-state index is 12.7. The Balaban J connectivity index is 1.22. The number of pyridine rings is 2. The molecule has 0 aliphatic carbocycles. The lowest BCUT2D eigenvalue weighted by molar-refractivity contribution is 0.0628. The van der Waals surface area contributed by atoms with Crippen LogP contribution in [0.15, 0.2) is 71.6 Å². The number of hydrogen-bond donors (Lipinski definition) is 0. The molecular formula is C24H21ClN6O2. The van der Waals surface area contributed by atoms with E-state index in [-0.39, 0.29) is 11.1 Å². The lowest BCUT2D eigenvalue weighted by Crippen LogP contribution is -2.48. The molecule has 0 radical (unpaired) electrons. The van der Waals surface area contributed by atoms with E-state index < -0.39 is 0 Å². The van der Waals surface area contributed by atoms with E-state index in [1.807, 2.05) is 29.2 Å². The molecule has 0 spiro atoms. The van der Waals surface area contributed by atoms with Gasteiger partial charge in [-0.25, -0.2) is 4.98 Å². The Labute approximate surface area is 195 Å². The SMILES string of the molecule is O=C(c1cccnc1Cl)N1CCN(Cc2cccc(-c3noc(-c4cccnc4)n3)c2)CC1. The summed E-state index contributed by atoms with van der Waals surface area (Å²) in [4.78, 5) is 29.5. The average Bonchev–Trinajstić information content (AvgIpc) is 3.36. The summed E-state index contributed by atoms with van der Waals surface area (Å²) < 4.78 is 5.41. The Hall–Kier alpha value is -3.62. The van der Waals surface area contributed by atoms with Crippen LogP contribution >= 0.6 is 11.6 Å². The molecule has 5 rings (SSSR count). The average molecular weight is 461 g/mol. The standard InChI is InChI=1S/C24H21ClN6O2/c25-21-20(7-3-9-27-21)24(32)31-12-10-30(11-13-31)16-17-4-1-5-18(14-17)22-28-23(33-29-22)19-6-2-8-26-15-19/h1-9,14-15H,10-13,16H2. The zero-order chi connectivity index (χ0) is 22.6. The summed E-state index contributed by atoms with van der Waals surface area (Å²) in [7, 11) is 0. The Morgan fingerprint density at radius 1 is 1.00 bits per heavy atom. The fraction of sp³-hybridized carbons (Fsp3) is 0.208. The fourth-order valence-electron chi connectivity index (χ4n) is 3.84. The Morgan fingerprint density at radius 3 is 2.61 bits per heavy atom. The van der Waals surface area contributed by atoms with Crippen LogP contribution in [0, 0.1) is 0 Å². The molecule has 0 unspecified atom stereocenters. The van der Waals surface area contributed by atoms with Gasteiger partial charge in [-0.3, -0.25) is 14.7 Å². The Bertz CT molecular complexity index is 1250. The van der Waals surface area contributed by atoms with Crippen molar-refractivity contribution in [1.29, 1.82) is 0 Å². The van der Waals surface area contributed by atoms with Crippen LogP contribution in [0.5, 0.6) is 0 Å². The van der Waals surface area contributed by atoms with E-state index >= 15 is 0 Å². The number of hydrogen-bond acceptors (Lipinski definition) is 7. The minimum absolute atomic E-state index is 0.0729. The first-order chi connectivity index (χ1) is 16.2. The molecule has 0 atom stereocenters. The third-order valence-corrected chi connectivity index (χ3v) is 5.88. The summed E-state index contributed by atoms with van der Waals surface area (Å²) in [6, 6.07) is 15.3. The van der Waals surface area contributed by atoms with Crippen molar-refractivity contribution in [3.05, 3.63) is 83.4 Å². The van der Waals surface area contributed by atoms with Gasteiger partial charge in [0, 0.05) is 56.9 Å². The van der Waals surface area contributed by atoms with Gasteiger partial charge in [0.2, 0.25) is 5.82 Å². The van der Waals surface area contributed by atoms with Crippen LogP contribution in [0.1, 0.15) is 15.9 Å². The molecule has 1 aliphatic rings. The van der Waals surface area contributed by atoms with Gasteiger partial charge in [0.05, 0.1) is 11.1 Å². The second-order valence-corrected chi connectivity index (χ2v) is 8.13. The minimum atomic E-state index is -0.0729. The topological polar surface area (TPSA) is 88.3 Å². The van der Waals surface area contributed by atoms with Crippen molar-refractivity contribution in [2.75, 3.05) is 26.2 Å². The summed E-state index contributed by atoms with van der Waals surface area (Å²) >= 11 is 6.09. The van der Waals surface area contributed by atoms with E-state index in [0.717, 1.165) is 36.3 Å². The molecule has 1 saturated heterocycles. The highest BCUT2D eigenvalue weighted by Crippen LogP contribution is 2.23. The lowest BCUT2D eigenvalue weighted by Gasteiger charge is -2.34. The molecule has 0 saturated carbocycles. The molecule has 166 valence electrons. The Morgan fingerprint density at radius 2 is 1.82 bits per heavy atom. The van der Waals surface area contributed by atoms with Crippen molar-refractivity contribution in [3.8, 4) is 22.8 Å². The number of piperazine rings is 1. The van der Waals surface area contributed by atoms with E-state index in [2.05, 4.69) is 37.1 Å². The van der Waals surface area contributed by atoms with Crippen molar-refractivity contribution in [1.82, 2.24) is 29.9 Å². The van der Waals surface area contributed by atoms with Crippen molar-refractivity contribution >= 4 is 17.5 Å². The minimum Gasteiger partial charge on any atom is -0.336 e. The molecule has 1 fully saturated rings. The molecule has 9 heteroatoms.